The predicted molar refractivity (Wildman–Crippen MR) is 112 cm³/mol. The number of benzene rings is 1. The van der Waals surface area contributed by atoms with Crippen LogP contribution in [0.3, 0.4) is 0 Å². The molecule has 5 rings (SSSR count). The molecule has 0 spiro atoms. The number of nitrogens with zero attached hydrogens (tertiary/aromatic N) is 2. The summed E-state index contributed by atoms with van der Waals surface area (Å²) in [6.45, 7) is 4.47. The first kappa shape index (κ1) is 18.0. The molecule has 4 heteroatoms. The number of rotatable bonds is 4. The van der Waals surface area contributed by atoms with E-state index in [1.54, 1.807) is 12.2 Å². The van der Waals surface area contributed by atoms with Crippen molar-refractivity contribution in [1.82, 2.24) is 10.2 Å². The van der Waals surface area contributed by atoms with E-state index in [4.69, 9.17) is 0 Å². The summed E-state index contributed by atoms with van der Waals surface area (Å²) in [7, 11) is 0. The van der Waals surface area contributed by atoms with Crippen molar-refractivity contribution in [2.75, 3.05) is 26.2 Å². The number of likely N-dealkylation sites (tertiary alicyclic amines) is 1. The van der Waals surface area contributed by atoms with Gasteiger partial charge in [0.15, 0.2) is 0 Å². The Balaban J connectivity index is 1.15. The van der Waals surface area contributed by atoms with Crippen LogP contribution in [0.4, 0.5) is 4.39 Å². The Kier molecular flexibility index (Phi) is 5.00. The minimum Gasteiger partial charge on any atom is -0.310 e. The van der Waals surface area contributed by atoms with Gasteiger partial charge in [0.2, 0.25) is 0 Å². The molecule has 1 unspecified atom stereocenters. The van der Waals surface area contributed by atoms with Crippen LogP contribution in [0, 0.1) is 5.92 Å². The zero-order chi connectivity index (χ0) is 18.9. The number of allylic oxidation sites excluding steroid dienone is 5. The minimum absolute atomic E-state index is 0.112. The molecule has 3 nitrogen and oxygen atoms in total. The summed E-state index contributed by atoms with van der Waals surface area (Å²) < 4.78 is 13.7. The van der Waals surface area contributed by atoms with E-state index in [1.165, 1.54) is 23.1 Å². The second kappa shape index (κ2) is 7.76. The van der Waals surface area contributed by atoms with E-state index in [-0.39, 0.29) is 5.83 Å². The summed E-state index contributed by atoms with van der Waals surface area (Å²) in [4.78, 5) is 7.14. The third-order valence-corrected chi connectivity index (χ3v) is 6.73. The van der Waals surface area contributed by atoms with Crippen molar-refractivity contribution in [2.24, 2.45) is 10.9 Å². The molecular weight excluding hydrogens is 349 g/mol. The van der Waals surface area contributed by atoms with Gasteiger partial charge in [0.1, 0.15) is 5.83 Å². The number of nitrogens with one attached hydrogen (secondary N) is 1. The molecule has 1 fully saturated rings. The molecule has 146 valence electrons. The van der Waals surface area contributed by atoms with Gasteiger partial charge in [0.05, 0.1) is 5.71 Å². The highest BCUT2D eigenvalue weighted by Crippen LogP contribution is 2.36. The molecule has 1 aromatic rings. The fraction of sp³-hybridized carbons (Fsp3) is 0.458. The first-order valence-corrected chi connectivity index (χ1v) is 10.7. The standard InChI is InChI=1S/C24H28FN3/c25-19-5-6-23-21(15-19)22(16-27-23)18-8-12-28(13-9-18)14-10-24-20-4-2-1-3-17(20)7-11-26-24/h1-5,15-16,18,24,26H,6-14H2. The molecule has 0 radical (unpaired) electrons. The highest BCUT2D eigenvalue weighted by Gasteiger charge is 2.30. The molecule has 3 heterocycles. The van der Waals surface area contributed by atoms with Crippen LogP contribution in [0.2, 0.25) is 0 Å². The molecule has 1 saturated heterocycles. The monoisotopic (exact) mass is 377 g/mol. The summed E-state index contributed by atoms with van der Waals surface area (Å²) in [6, 6.07) is 9.36. The maximum Gasteiger partial charge on any atom is 0.120 e. The lowest BCUT2D eigenvalue weighted by molar-refractivity contribution is 0.190. The first-order valence-electron chi connectivity index (χ1n) is 10.7. The average Bonchev–Trinajstić information content (AvgIpc) is 3.15. The molecule has 0 amide bonds. The van der Waals surface area contributed by atoms with Gasteiger partial charge in [-0.1, -0.05) is 24.3 Å². The molecule has 0 aromatic heterocycles. The van der Waals surface area contributed by atoms with Crippen LogP contribution in [0.25, 0.3) is 0 Å². The van der Waals surface area contributed by atoms with E-state index in [2.05, 4.69) is 39.5 Å². The van der Waals surface area contributed by atoms with E-state index in [9.17, 15) is 4.39 Å². The lowest BCUT2D eigenvalue weighted by atomic mass is 9.83. The van der Waals surface area contributed by atoms with Crippen LogP contribution in [0.5, 0.6) is 0 Å². The maximum absolute atomic E-state index is 13.7. The summed E-state index contributed by atoms with van der Waals surface area (Å²) in [5.74, 6) is 0.405. The van der Waals surface area contributed by atoms with Gasteiger partial charge in [-0.15, -0.1) is 0 Å². The summed E-state index contributed by atoms with van der Waals surface area (Å²) in [6.07, 6.45) is 10.5. The highest BCUT2D eigenvalue weighted by atomic mass is 19.1. The topological polar surface area (TPSA) is 27.6 Å². The Labute approximate surface area is 166 Å². The molecule has 28 heavy (non-hydrogen) atoms. The Morgan fingerprint density at radius 2 is 2.04 bits per heavy atom. The van der Waals surface area contributed by atoms with Crippen molar-refractivity contribution in [3.05, 3.63) is 70.7 Å². The SMILES string of the molecule is FC1=CCC2=NC=C(C3CCN(CCC4NCCc5ccccc54)CC3)C2=C1. The van der Waals surface area contributed by atoms with E-state index in [1.807, 2.05) is 6.20 Å². The van der Waals surface area contributed by atoms with E-state index < -0.39 is 0 Å². The van der Waals surface area contributed by atoms with Gasteiger partial charge in [-0.25, -0.2) is 4.39 Å². The third-order valence-electron chi connectivity index (χ3n) is 6.73. The van der Waals surface area contributed by atoms with Crippen molar-refractivity contribution in [3.63, 3.8) is 0 Å². The molecule has 1 N–H and O–H groups in total. The van der Waals surface area contributed by atoms with E-state index in [0.29, 0.717) is 18.4 Å². The van der Waals surface area contributed by atoms with Crippen LogP contribution in [-0.4, -0.2) is 36.8 Å². The second-order valence-corrected chi connectivity index (χ2v) is 8.37. The Bertz CT molecular complexity index is 872. The van der Waals surface area contributed by atoms with Gasteiger partial charge in [-0.2, -0.15) is 0 Å². The van der Waals surface area contributed by atoms with Crippen molar-refractivity contribution in [2.45, 2.75) is 38.1 Å². The molecule has 1 aromatic carbocycles. The molecular formula is C24H28FN3. The average molecular weight is 378 g/mol. The van der Waals surface area contributed by atoms with Crippen LogP contribution in [-0.2, 0) is 6.42 Å². The number of hydrogen-bond acceptors (Lipinski definition) is 3. The number of hydrogen-bond donors (Lipinski definition) is 1. The maximum atomic E-state index is 13.7. The van der Waals surface area contributed by atoms with E-state index in [0.717, 1.165) is 56.7 Å². The van der Waals surface area contributed by atoms with Gasteiger partial charge in [-0.3, -0.25) is 4.99 Å². The molecule has 1 aliphatic carbocycles. The predicted octanol–water partition coefficient (Wildman–Crippen LogP) is 4.50. The summed E-state index contributed by atoms with van der Waals surface area (Å²) in [5.41, 5.74) is 6.36. The van der Waals surface area contributed by atoms with Crippen LogP contribution in [0.15, 0.2) is 64.6 Å². The quantitative estimate of drug-likeness (QED) is 0.837. The third kappa shape index (κ3) is 3.51. The van der Waals surface area contributed by atoms with Crippen LogP contribution >= 0.6 is 0 Å². The van der Waals surface area contributed by atoms with Gasteiger partial charge < -0.3 is 10.2 Å². The molecule has 1 atom stereocenters. The van der Waals surface area contributed by atoms with E-state index >= 15 is 0 Å². The number of fused-ring (bicyclic) bond motifs is 2. The van der Waals surface area contributed by atoms with Gasteiger partial charge >= 0.3 is 0 Å². The zero-order valence-corrected chi connectivity index (χ0v) is 16.3. The van der Waals surface area contributed by atoms with Crippen molar-refractivity contribution >= 4 is 5.71 Å². The fourth-order valence-corrected chi connectivity index (χ4v) is 5.13. The molecule has 3 aliphatic heterocycles. The van der Waals surface area contributed by atoms with Crippen LogP contribution in [0.1, 0.15) is 42.9 Å². The Morgan fingerprint density at radius 3 is 2.93 bits per heavy atom. The normalized spacial score (nSPS) is 25.4. The lowest BCUT2D eigenvalue weighted by Crippen LogP contribution is -2.38. The van der Waals surface area contributed by atoms with Crippen molar-refractivity contribution < 1.29 is 4.39 Å². The fourth-order valence-electron chi connectivity index (χ4n) is 5.13. The Morgan fingerprint density at radius 1 is 1.18 bits per heavy atom. The minimum atomic E-state index is -0.112. The number of piperidine rings is 1. The smallest absolute Gasteiger partial charge is 0.120 e. The summed E-state index contributed by atoms with van der Waals surface area (Å²) >= 11 is 0. The van der Waals surface area contributed by atoms with Crippen LogP contribution < -0.4 is 5.32 Å². The number of aliphatic imine (C=N–C) groups is 1. The van der Waals surface area contributed by atoms with Gasteiger partial charge in [-0.05, 0) is 86.6 Å². The highest BCUT2D eigenvalue weighted by molar-refractivity contribution is 6.08. The Hall–Kier alpha value is -2.04. The van der Waals surface area contributed by atoms with Crippen molar-refractivity contribution in [1.29, 1.82) is 0 Å². The molecule has 0 bridgehead atoms. The largest absolute Gasteiger partial charge is 0.310 e. The molecule has 4 aliphatic rings. The van der Waals surface area contributed by atoms with Crippen molar-refractivity contribution in [3.8, 4) is 0 Å². The second-order valence-electron chi connectivity index (χ2n) is 8.37. The summed E-state index contributed by atoms with van der Waals surface area (Å²) in [5, 5.41) is 3.70. The lowest BCUT2D eigenvalue weighted by Gasteiger charge is -2.35. The number of halogens is 1. The van der Waals surface area contributed by atoms with Gasteiger partial charge in [0.25, 0.3) is 0 Å². The zero-order valence-electron chi connectivity index (χ0n) is 16.3. The molecule has 0 saturated carbocycles. The van der Waals surface area contributed by atoms with Gasteiger partial charge in [0, 0.05) is 24.2 Å². The first-order chi connectivity index (χ1) is 13.8.